The lowest BCUT2D eigenvalue weighted by molar-refractivity contribution is 0.182. The minimum Gasteiger partial charge on any atom is -0.313 e. The first kappa shape index (κ1) is 17.1. The van der Waals surface area contributed by atoms with Gasteiger partial charge in [-0.1, -0.05) is 75.7 Å². The molecule has 1 heterocycles. The quantitative estimate of drug-likeness (QED) is 0.497. The van der Waals surface area contributed by atoms with Gasteiger partial charge in [-0.2, -0.15) is 0 Å². The van der Waals surface area contributed by atoms with Crippen molar-refractivity contribution < 1.29 is 0 Å². The Morgan fingerprint density at radius 2 is 1.62 bits per heavy atom. The lowest BCUT2D eigenvalue weighted by atomic mass is 9.69. The molecule has 0 saturated heterocycles. The second-order valence-corrected chi connectivity index (χ2v) is 8.32. The van der Waals surface area contributed by atoms with E-state index in [1.807, 2.05) is 0 Å². The highest BCUT2D eigenvalue weighted by Gasteiger charge is 2.33. The molecule has 1 aromatic heterocycles. The molecule has 0 radical (unpaired) electrons. The number of para-hydroxylation sites is 1. The van der Waals surface area contributed by atoms with E-state index in [2.05, 4.69) is 92.1 Å². The van der Waals surface area contributed by atoms with Gasteiger partial charge in [0.2, 0.25) is 0 Å². The third-order valence-corrected chi connectivity index (χ3v) is 6.49. The Hall–Kier alpha value is -2.28. The van der Waals surface area contributed by atoms with E-state index in [1.54, 1.807) is 5.56 Å². The molecule has 1 aliphatic rings. The van der Waals surface area contributed by atoms with E-state index < -0.39 is 0 Å². The second kappa shape index (κ2) is 6.79. The summed E-state index contributed by atoms with van der Waals surface area (Å²) in [6.45, 7) is 7.21. The lowest BCUT2D eigenvalue weighted by Crippen LogP contribution is -2.29. The topological polar surface area (TPSA) is 4.93 Å². The molecule has 1 atom stereocenters. The molecule has 0 aliphatic heterocycles. The largest absolute Gasteiger partial charge is 0.313 e. The summed E-state index contributed by atoms with van der Waals surface area (Å²) in [5.41, 5.74) is 7.39. The van der Waals surface area contributed by atoms with Crippen molar-refractivity contribution in [2.45, 2.75) is 46.5 Å². The van der Waals surface area contributed by atoms with Crippen LogP contribution in [0.1, 0.15) is 44.9 Å². The molecule has 0 N–H and O–H groups in total. The van der Waals surface area contributed by atoms with E-state index in [0.717, 1.165) is 5.92 Å². The molecule has 1 aliphatic carbocycles. The average molecular weight is 344 g/mol. The Labute approximate surface area is 157 Å². The SMILES string of the molecule is CCC(C)(C)C1CCc2c(cc(-c3ccccc3)n2-c2ccccc2)C1. The average Bonchev–Trinajstić information content (AvgIpc) is 3.08. The fourth-order valence-electron chi connectivity index (χ4n) is 4.38. The third kappa shape index (κ3) is 3.00. The number of aromatic nitrogens is 1. The number of hydrogen-bond donors (Lipinski definition) is 0. The number of nitrogens with zero attached hydrogens (tertiary/aromatic N) is 1. The molecule has 1 nitrogen and oxygen atoms in total. The molecular weight excluding hydrogens is 314 g/mol. The molecule has 0 saturated carbocycles. The van der Waals surface area contributed by atoms with E-state index in [9.17, 15) is 0 Å². The summed E-state index contributed by atoms with van der Waals surface area (Å²) in [6, 6.07) is 24.1. The van der Waals surface area contributed by atoms with Gasteiger partial charge < -0.3 is 4.57 Å². The lowest BCUT2D eigenvalue weighted by Gasteiger charge is -2.36. The first-order chi connectivity index (χ1) is 12.6. The number of benzene rings is 2. The van der Waals surface area contributed by atoms with Crippen LogP contribution in [0.4, 0.5) is 0 Å². The number of fused-ring (bicyclic) bond motifs is 1. The fourth-order valence-corrected chi connectivity index (χ4v) is 4.38. The predicted octanol–water partition coefficient (Wildman–Crippen LogP) is 6.69. The van der Waals surface area contributed by atoms with Gasteiger partial charge in [0.1, 0.15) is 0 Å². The van der Waals surface area contributed by atoms with Crippen LogP contribution in [-0.4, -0.2) is 4.57 Å². The summed E-state index contributed by atoms with van der Waals surface area (Å²) in [5, 5.41) is 0. The molecule has 1 heteroatoms. The van der Waals surface area contributed by atoms with E-state index >= 15 is 0 Å². The van der Waals surface area contributed by atoms with Crippen LogP contribution < -0.4 is 0 Å². The van der Waals surface area contributed by atoms with Crippen molar-refractivity contribution in [3.63, 3.8) is 0 Å². The Morgan fingerprint density at radius 3 is 2.27 bits per heavy atom. The molecule has 0 fully saturated rings. The summed E-state index contributed by atoms with van der Waals surface area (Å²) in [4.78, 5) is 0. The van der Waals surface area contributed by atoms with E-state index in [1.165, 1.54) is 48.3 Å². The van der Waals surface area contributed by atoms with Gasteiger partial charge in [0.15, 0.2) is 0 Å². The highest BCUT2D eigenvalue weighted by Crippen LogP contribution is 2.42. The summed E-state index contributed by atoms with van der Waals surface area (Å²) in [5.74, 6) is 0.773. The first-order valence-electron chi connectivity index (χ1n) is 9.94. The van der Waals surface area contributed by atoms with Crippen molar-refractivity contribution in [3.8, 4) is 16.9 Å². The van der Waals surface area contributed by atoms with Crippen LogP contribution in [0.3, 0.4) is 0 Å². The van der Waals surface area contributed by atoms with Crippen LogP contribution in [0, 0.1) is 11.3 Å². The van der Waals surface area contributed by atoms with E-state index in [-0.39, 0.29) is 0 Å². The van der Waals surface area contributed by atoms with Gasteiger partial charge in [-0.3, -0.25) is 0 Å². The van der Waals surface area contributed by atoms with Crippen LogP contribution >= 0.6 is 0 Å². The molecule has 26 heavy (non-hydrogen) atoms. The summed E-state index contributed by atoms with van der Waals surface area (Å²) < 4.78 is 2.50. The first-order valence-corrected chi connectivity index (χ1v) is 9.94. The van der Waals surface area contributed by atoms with Gasteiger partial charge in [0.25, 0.3) is 0 Å². The maximum absolute atomic E-state index is 2.50. The molecular formula is C25H29N. The Kier molecular flexibility index (Phi) is 4.48. The molecule has 4 rings (SSSR count). The van der Waals surface area contributed by atoms with Crippen LogP contribution in [-0.2, 0) is 12.8 Å². The fraction of sp³-hybridized carbons (Fsp3) is 0.360. The van der Waals surface area contributed by atoms with Crippen molar-refractivity contribution in [2.24, 2.45) is 11.3 Å². The normalized spacial score (nSPS) is 17.1. The van der Waals surface area contributed by atoms with Crippen LogP contribution in [0.2, 0.25) is 0 Å². The van der Waals surface area contributed by atoms with Crippen molar-refractivity contribution >= 4 is 0 Å². The van der Waals surface area contributed by atoms with Gasteiger partial charge in [-0.05, 0) is 59.9 Å². The molecule has 134 valence electrons. The third-order valence-electron chi connectivity index (χ3n) is 6.49. The minimum atomic E-state index is 0.416. The predicted molar refractivity (Wildman–Crippen MR) is 111 cm³/mol. The summed E-state index contributed by atoms with van der Waals surface area (Å²) in [6.07, 6.45) is 4.91. The van der Waals surface area contributed by atoms with Crippen LogP contribution in [0.5, 0.6) is 0 Å². The van der Waals surface area contributed by atoms with Gasteiger partial charge in [0, 0.05) is 11.4 Å². The molecule has 3 aromatic rings. The monoisotopic (exact) mass is 343 g/mol. The molecule has 1 unspecified atom stereocenters. The Bertz CT molecular complexity index is 871. The van der Waals surface area contributed by atoms with Crippen molar-refractivity contribution in [2.75, 3.05) is 0 Å². The molecule has 0 bridgehead atoms. The minimum absolute atomic E-state index is 0.416. The second-order valence-electron chi connectivity index (χ2n) is 8.32. The van der Waals surface area contributed by atoms with Crippen molar-refractivity contribution in [3.05, 3.63) is 78.0 Å². The van der Waals surface area contributed by atoms with Crippen molar-refractivity contribution in [1.29, 1.82) is 0 Å². The van der Waals surface area contributed by atoms with Gasteiger partial charge in [0.05, 0.1) is 5.69 Å². The summed E-state index contributed by atoms with van der Waals surface area (Å²) in [7, 11) is 0. The van der Waals surface area contributed by atoms with E-state index in [0.29, 0.717) is 5.41 Å². The van der Waals surface area contributed by atoms with E-state index in [4.69, 9.17) is 0 Å². The standard InChI is InChI=1S/C25H29N/c1-4-25(2,3)21-15-16-23-20(17-21)18-24(19-11-7-5-8-12-19)26(23)22-13-9-6-10-14-22/h5-14,18,21H,4,15-17H2,1-3H3. The molecule has 0 spiro atoms. The van der Waals surface area contributed by atoms with Crippen LogP contribution in [0.25, 0.3) is 16.9 Å². The Morgan fingerprint density at radius 1 is 0.962 bits per heavy atom. The highest BCUT2D eigenvalue weighted by molar-refractivity contribution is 5.66. The molecule has 2 aromatic carbocycles. The van der Waals surface area contributed by atoms with Crippen molar-refractivity contribution in [1.82, 2.24) is 4.57 Å². The Balaban J connectivity index is 1.84. The highest BCUT2D eigenvalue weighted by atomic mass is 15.0. The van der Waals surface area contributed by atoms with Gasteiger partial charge >= 0.3 is 0 Å². The maximum Gasteiger partial charge on any atom is 0.0534 e. The number of hydrogen-bond acceptors (Lipinski definition) is 0. The smallest absolute Gasteiger partial charge is 0.0534 e. The maximum atomic E-state index is 2.50. The zero-order valence-corrected chi connectivity index (χ0v) is 16.2. The zero-order chi connectivity index (χ0) is 18.1. The zero-order valence-electron chi connectivity index (χ0n) is 16.2. The summed E-state index contributed by atoms with van der Waals surface area (Å²) >= 11 is 0. The van der Waals surface area contributed by atoms with Gasteiger partial charge in [-0.15, -0.1) is 0 Å². The molecule has 0 amide bonds. The number of rotatable bonds is 4. The van der Waals surface area contributed by atoms with Gasteiger partial charge in [-0.25, -0.2) is 0 Å². The van der Waals surface area contributed by atoms with Crippen LogP contribution in [0.15, 0.2) is 66.7 Å².